The summed E-state index contributed by atoms with van der Waals surface area (Å²) >= 11 is 0. The van der Waals surface area contributed by atoms with Gasteiger partial charge in [-0.05, 0) is 105 Å². The van der Waals surface area contributed by atoms with Crippen molar-refractivity contribution in [3.05, 3.63) is 23.8 Å². The maximum atomic E-state index is 11.4. The Hall–Kier alpha value is -0.860. The molecule has 4 N–H and O–H groups in total. The molecule has 224 valence electrons. The third kappa shape index (κ3) is 6.48. The lowest BCUT2D eigenvalue weighted by Crippen LogP contribution is -2.54. The van der Waals surface area contributed by atoms with Gasteiger partial charge in [-0.1, -0.05) is 37.6 Å². The van der Waals surface area contributed by atoms with Crippen molar-refractivity contribution in [2.45, 2.75) is 96.9 Å². The number of hydrogen-bond donors (Lipinski definition) is 4. The zero-order chi connectivity index (χ0) is 29.0. The Morgan fingerprint density at radius 3 is 2.41 bits per heavy atom. The van der Waals surface area contributed by atoms with Crippen molar-refractivity contribution < 1.29 is 44.5 Å². The SMILES string of the molecule is C=C(C)[C@@H](O)CC[C@@H](COS(=O)(=O)O)[C@H]1CCC2C3CC=C4C[C@H](OS(=O)(=O)O)[C@@H](O)C[C@]4(C)C3CC[C@@]21C. The molecule has 0 radical (unpaired) electrons. The highest BCUT2D eigenvalue weighted by Gasteiger charge is 2.60. The molecule has 0 aliphatic heterocycles. The molecule has 0 aromatic heterocycles. The predicted octanol–water partition coefficient (Wildman–Crippen LogP) is 3.88. The molecule has 0 saturated heterocycles. The summed E-state index contributed by atoms with van der Waals surface area (Å²) in [7, 11) is -9.26. The van der Waals surface area contributed by atoms with Crippen LogP contribution in [0.25, 0.3) is 0 Å². The first-order valence-electron chi connectivity index (χ1n) is 13.9. The van der Waals surface area contributed by atoms with Crippen molar-refractivity contribution in [1.82, 2.24) is 0 Å². The first-order chi connectivity index (χ1) is 17.9. The van der Waals surface area contributed by atoms with Crippen molar-refractivity contribution in [3.8, 4) is 0 Å². The molecule has 3 saturated carbocycles. The van der Waals surface area contributed by atoms with Gasteiger partial charge in [-0.3, -0.25) is 9.11 Å². The molecule has 0 heterocycles. The summed E-state index contributed by atoms with van der Waals surface area (Å²) in [6, 6.07) is 0. The second kappa shape index (κ2) is 11.1. The molecular formula is C27H44O10S2. The summed E-state index contributed by atoms with van der Waals surface area (Å²) in [6.45, 7) is 9.88. The molecule has 10 nitrogen and oxygen atoms in total. The highest BCUT2D eigenvalue weighted by atomic mass is 32.3. The Morgan fingerprint density at radius 1 is 1.10 bits per heavy atom. The number of aliphatic hydroxyl groups excluding tert-OH is 2. The minimum Gasteiger partial charge on any atom is -0.390 e. The fourth-order valence-corrected chi connectivity index (χ4v) is 9.79. The van der Waals surface area contributed by atoms with Crippen LogP contribution in [-0.4, -0.2) is 61.1 Å². The van der Waals surface area contributed by atoms with Crippen molar-refractivity contribution in [1.29, 1.82) is 0 Å². The van der Waals surface area contributed by atoms with E-state index in [9.17, 15) is 31.6 Å². The van der Waals surface area contributed by atoms with Gasteiger partial charge in [0.25, 0.3) is 0 Å². The third-order valence-electron chi connectivity index (χ3n) is 10.8. The lowest BCUT2D eigenvalue weighted by Gasteiger charge is -2.59. The molecule has 0 amide bonds. The second-order valence-corrected chi connectivity index (χ2v) is 15.1. The third-order valence-corrected chi connectivity index (χ3v) is 11.7. The molecule has 0 aromatic rings. The normalized spacial score (nSPS) is 40.1. The van der Waals surface area contributed by atoms with Crippen molar-refractivity contribution in [2.24, 2.45) is 40.4 Å². The van der Waals surface area contributed by atoms with E-state index < -0.39 is 39.1 Å². The zero-order valence-corrected chi connectivity index (χ0v) is 24.7. The topological polar surface area (TPSA) is 168 Å². The summed E-state index contributed by atoms with van der Waals surface area (Å²) < 4.78 is 73.6. The summed E-state index contributed by atoms with van der Waals surface area (Å²) in [4.78, 5) is 0. The Kier molecular flexibility index (Phi) is 8.84. The zero-order valence-electron chi connectivity index (χ0n) is 23.0. The highest BCUT2D eigenvalue weighted by Crippen LogP contribution is 2.67. The van der Waals surface area contributed by atoms with Crippen molar-refractivity contribution in [2.75, 3.05) is 6.61 Å². The van der Waals surface area contributed by atoms with Crippen LogP contribution < -0.4 is 0 Å². The van der Waals surface area contributed by atoms with E-state index in [4.69, 9.17) is 12.9 Å². The summed E-state index contributed by atoms with van der Waals surface area (Å²) in [6.07, 6.45) is 5.61. The summed E-state index contributed by atoms with van der Waals surface area (Å²) in [5.41, 5.74) is 1.35. The Labute approximate surface area is 232 Å². The van der Waals surface area contributed by atoms with E-state index in [2.05, 4.69) is 26.5 Å². The van der Waals surface area contributed by atoms with E-state index in [1.54, 1.807) is 6.92 Å². The smallest absolute Gasteiger partial charge is 0.390 e. The standard InChI is InChI=1S/C27H44O10S2/c1-16(2)23(28)10-5-17(15-36-38(30,31)32)20-8-9-21-19-7-6-18-13-25(37-39(33,34)35)24(29)14-27(18,4)22(19)11-12-26(20,21)3/h6,17,19-25,28-29H,1,5,7-15H2,2-4H3,(H,30,31,32)(H,33,34,35)/t17-,19?,20+,21?,22?,23-,24-,25-,26+,27-/m0/s1. The molecule has 10 atom stereocenters. The number of rotatable bonds is 10. The fourth-order valence-electron chi connectivity index (χ4n) is 8.94. The molecule has 0 spiro atoms. The average molecular weight is 593 g/mol. The largest absolute Gasteiger partial charge is 0.397 e. The van der Waals surface area contributed by atoms with E-state index in [0.29, 0.717) is 42.6 Å². The minimum atomic E-state index is -4.67. The molecule has 3 fully saturated rings. The lowest BCUT2D eigenvalue weighted by molar-refractivity contribution is -0.0867. The summed E-state index contributed by atoms with van der Waals surface area (Å²) in [5, 5.41) is 21.2. The van der Waals surface area contributed by atoms with Crippen LogP contribution in [0.15, 0.2) is 23.8 Å². The molecule has 3 unspecified atom stereocenters. The monoisotopic (exact) mass is 592 g/mol. The van der Waals surface area contributed by atoms with Crippen LogP contribution in [-0.2, 0) is 29.2 Å². The van der Waals surface area contributed by atoms with E-state index >= 15 is 0 Å². The maximum absolute atomic E-state index is 11.4. The van der Waals surface area contributed by atoms with Gasteiger partial charge in [0.1, 0.15) is 6.10 Å². The van der Waals surface area contributed by atoms with Crippen LogP contribution in [0.1, 0.15) is 78.6 Å². The number of allylic oxidation sites excluding steroid dienone is 1. The van der Waals surface area contributed by atoms with Crippen molar-refractivity contribution in [3.63, 3.8) is 0 Å². The predicted molar refractivity (Wildman–Crippen MR) is 144 cm³/mol. The molecule has 12 heteroatoms. The van der Waals surface area contributed by atoms with Crippen LogP contribution in [0.3, 0.4) is 0 Å². The fraction of sp³-hybridized carbons (Fsp3) is 0.852. The van der Waals surface area contributed by atoms with Gasteiger partial charge in [-0.2, -0.15) is 16.8 Å². The van der Waals surface area contributed by atoms with Crippen LogP contribution in [0.5, 0.6) is 0 Å². The highest BCUT2D eigenvalue weighted by molar-refractivity contribution is 7.81. The number of fused-ring (bicyclic) bond motifs is 5. The molecule has 4 rings (SSSR count). The first-order valence-corrected chi connectivity index (χ1v) is 16.7. The average Bonchev–Trinajstić information content (AvgIpc) is 3.15. The number of aliphatic hydroxyl groups is 2. The molecular weight excluding hydrogens is 548 g/mol. The van der Waals surface area contributed by atoms with Gasteiger partial charge in [0.2, 0.25) is 0 Å². The molecule has 4 aliphatic rings. The van der Waals surface area contributed by atoms with Gasteiger partial charge in [0.05, 0.1) is 18.8 Å². The van der Waals surface area contributed by atoms with E-state index in [1.807, 2.05) is 0 Å². The van der Waals surface area contributed by atoms with Gasteiger partial charge in [0, 0.05) is 0 Å². The Bertz CT molecular complexity index is 1180. The van der Waals surface area contributed by atoms with Crippen LogP contribution >= 0.6 is 0 Å². The second-order valence-electron chi connectivity index (χ2n) is 12.9. The molecule has 0 aromatic carbocycles. The van der Waals surface area contributed by atoms with Crippen LogP contribution in [0.2, 0.25) is 0 Å². The van der Waals surface area contributed by atoms with Gasteiger partial charge < -0.3 is 10.2 Å². The summed E-state index contributed by atoms with van der Waals surface area (Å²) in [5.74, 6) is 1.03. The Balaban J connectivity index is 1.55. The molecule has 0 bridgehead atoms. The van der Waals surface area contributed by atoms with Gasteiger partial charge >= 0.3 is 20.8 Å². The quantitative estimate of drug-likeness (QED) is 0.216. The Morgan fingerprint density at radius 2 is 1.79 bits per heavy atom. The maximum Gasteiger partial charge on any atom is 0.397 e. The van der Waals surface area contributed by atoms with Gasteiger partial charge in [-0.25, -0.2) is 8.37 Å². The van der Waals surface area contributed by atoms with Gasteiger partial charge in [-0.15, -0.1) is 0 Å². The minimum absolute atomic E-state index is 0.0752. The van der Waals surface area contributed by atoms with Crippen LogP contribution in [0, 0.1) is 40.4 Å². The van der Waals surface area contributed by atoms with Gasteiger partial charge in [0.15, 0.2) is 0 Å². The first kappa shape index (κ1) is 31.1. The van der Waals surface area contributed by atoms with Crippen LogP contribution in [0.4, 0.5) is 0 Å². The van der Waals surface area contributed by atoms with E-state index in [0.717, 1.165) is 37.7 Å². The molecule has 4 aliphatic carbocycles. The number of hydrogen-bond acceptors (Lipinski definition) is 8. The van der Waals surface area contributed by atoms with E-state index in [-0.39, 0.29) is 35.7 Å². The molecule has 39 heavy (non-hydrogen) atoms. The lowest BCUT2D eigenvalue weighted by atomic mass is 9.46. The van der Waals surface area contributed by atoms with E-state index in [1.165, 1.54) is 0 Å². The van der Waals surface area contributed by atoms with Crippen molar-refractivity contribution >= 4 is 20.8 Å².